The molecule has 3 aromatic carbocycles. The van der Waals surface area contributed by atoms with Crippen LogP contribution in [0.3, 0.4) is 0 Å². The third-order valence-corrected chi connectivity index (χ3v) is 5.50. The van der Waals surface area contributed by atoms with Crippen molar-refractivity contribution in [2.45, 2.75) is 0 Å². The predicted molar refractivity (Wildman–Crippen MR) is 127 cm³/mol. The number of methoxy groups -OCH3 is 2. The number of carbonyl (C=O) groups excluding carboxylic acids is 1. The van der Waals surface area contributed by atoms with Crippen molar-refractivity contribution in [3.05, 3.63) is 105 Å². The van der Waals surface area contributed by atoms with Gasteiger partial charge in [0.2, 0.25) is 5.90 Å². The molecule has 0 atom stereocenters. The number of benzene rings is 3. The third-order valence-electron chi connectivity index (χ3n) is 5.50. The van der Waals surface area contributed by atoms with Crippen molar-refractivity contribution < 1.29 is 28.7 Å². The molecule has 0 aromatic heterocycles. The van der Waals surface area contributed by atoms with Gasteiger partial charge in [0.05, 0.1) is 19.1 Å². The minimum absolute atomic E-state index is 0.00811. The van der Waals surface area contributed by atoms with Crippen LogP contribution in [0, 0.1) is 10.1 Å². The monoisotopic (exact) mass is 470 g/mol. The number of ether oxygens (including phenoxy) is 4. The van der Waals surface area contributed by atoms with Crippen molar-refractivity contribution in [1.29, 1.82) is 0 Å². The summed E-state index contributed by atoms with van der Waals surface area (Å²) in [6, 6.07) is 18.3. The van der Waals surface area contributed by atoms with Gasteiger partial charge in [-0.25, -0.2) is 9.79 Å². The van der Waals surface area contributed by atoms with Crippen LogP contribution < -0.4 is 14.2 Å². The van der Waals surface area contributed by atoms with Crippen LogP contribution >= 0.6 is 0 Å². The number of nitro benzene ring substituents is 1. The van der Waals surface area contributed by atoms with Crippen LogP contribution in [0.5, 0.6) is 17.2 Å². The fraction of sp³-hybridized carbons (Fsp3) is 0.0769. The third kappa shape index (κ3) is 3.99. The molecule has 0 N–H and O–H groups in total. The number of esters is 1. The SMILES string of the molecule is COc1ccc(C2=CC(=C3N=C(c4cccc([N+](=O)[O-])c4)OC3=O)c3ccccc3O2)cc1OC. The molecule has 9 nitrogen and oxygen atoms in total. The van der Waals surface area contributed by atoms with Crippen LogP contribution in [0.25, 0.3) is 11.3 Å². The molecule has 0 spiro atoms. The number of rotatable bonds is 5. The predicted octanol–water partition coefficient (Wildman–Crippen LogP) is 4.76. The minimum Gasteiger partial charge on any atom is -0.493 e. The first-order valence-electron chi connectivity index (χ1n) is 10.5. The van der Waals surface area contributed by atoms with E-state index < -0.39 is 10.9 Å². The Balaban J connectivity index is 1.65. The maximum Gasteiger partial charge on any atom is 0.364 e. The molecule has 35 heavy (non-hydrogen) atoms. The Labute approximate surface area is 199 Å². The van der Waals surface area contributed by atoms with Gasteiger partial charge in [-0.05, 0) is 36.4 Å². The molecular weight excluding hydrogens is 452 g/mol. The summed E-state index contributed by atoms with van der Waals surface area (Å²) in [4.78, 5) is 27.9. The van der Waals surface area contributed by atoms with E-state index in [2.05, 4.69) is 4.99 Å². The van der Waals surface area contributed by atoms with Crippen LogP contribution in [0.1, 0.15) is 16.7 Å². The average Bonchev–Trinajstić information content (AvgIpc) is 3.29. The van der Waals surface area contributed by atoms with Gasteiger partial charge in [-0.1, -0.05) is 24.3 Å². The van der Waals surface area contributed by atoms with Crippen molar-refractivity contribution in [1.82, 2.24) is 0 Å². The Kier molecular flexibility index (Phi) is 5.50. The summed E-state index contributed by atoms with van der Waals surface area (Å²) >= 11 is 0. The molecule has 3 aromatic rings. The number of nitro groups is 1. The second kappa shape index (κ2) is 8.79. The number of hydrogen-bond donors (Lipinski definition) is 0. The number of fused-ring (bicyclic) bond motifs is 1. The zero-order chi connectivity index (χ0) is 24.5. The maximum atomic E-state index is 12.9. The lowest BCUT2D eigenvalue weighted by atomic mass is 9.97. The number of para-hydroxylation sites is 1. The van der Waals surface area contributed by atoms with E-state index in [1.165, 1.54) is 18.2 Å². The Morgan fingerprint density at radius 3 is 2.46 bits per heavy atom. The zero-order valence-corrected chi connectivity index (χ0v) is 18.7. The molecule has 0 amide bonds. The second-order valence-electron chi connectivity index (χ2n) is 7.55. The van der Waals surface area contributed by atoms with Gasteiger partial charge >= 0.3 is 5.97 Å². The fourth-order valence-corrected chi connectivity index (χ4v) is 3.81. The summed E-state index contributed by atoms with van der Waals surface area (Å²) in [6.07, 6.45) is 1.71. The molecule has 174 valence electrons. The van der Waals surface area contributed by atoms with Gasteiger partial charge in [0.15, 0.2) is 17.2 Å². The van der Waals surface area contributed by atoms with E-state index in [1.54, 1.807) is 44.6 Å². The van der Waals surface area contributed by atoms with Gasteiger partial charge < -0.3 is 18.9 Å². The molecule has 0 saturated heterocycles. The molecule has 0 unspecified atom stereocenters. The molecular formula is C26H18N2O7. The van der Waals surface area contributed by atoms with E-state index in [9.17, 15) is 14.9 Å². The topological polar surface area (TPSA) is 109 Å². The Morgan fingerprint density at radius 1 is 0.886 bits per heavy atom. The molecule has 0 bridgehead atoms. The summed E-state index contributed by atoms with van der Waals surface area (Å²) in [5.41, 5.74) is 2.13. The first-order valence-corrected chi connectivity index (χ1v) is 10.5. The summed E-state index contributed by atoms with van der Waals surface area (Å²) in [5, 5.41) is 11.1. The quantitative estimate of drug-likeness (QED) is 0.229. The highest BCUT2D eigenvalue weighted by Crippen LogP contribution is 2.41. The molecule has 9 heteroatoms. The number of nitrogens with zero attached hydrogens (tertiary/aromatic N) is 2. The summed E-state index contributed by atoms with van der Waals surface area (Å²) in [7, 11) is 3.09. The smallest absolute Gasteiger partial charge is 0.364 e. The lowest BCUT2D eigenvalue weighted by Crippen LogP contribution is -2.08. The first-order chi connectivity index (χ1) is 17.0. The van der Waals surface area contributed by atoms with E-state index in [0.717, 1.165) is 0 Å². The highest BCUT2D eigenvalue weighted by Gasteiger charge is 2.31. The molecule has 5 rings (SSSR count). The molecule has 2 aliphatic rings. The summed E-state index contributed by atoms with van der Waals surface area (Å²) < 4.78 is 22.2. The van der Waals surface area contributed by atoms with Crippen LogP contribution in [-0.4, -0.2) is 31.0 Å². The van der Waals surface area contributed by atoms with Gasteiger partial charge in [0.1, 0.15) is 11.5 Å². The molecule has 2 aliphatic heterocycles. The number of carbonyl (C=O) groups is 1. The fourth-order valence-electron chi connectivity index (χ4n) is 3.81. The maximum absolute atomic E-state index is 12.9. The lowest BCUT2D eigenvalue weighted by molar-refractivity contribution is -0.384. The van der Waals surface area contributed by atoms with Gasteiger partial charge in [-0.2, -0.15) is 0 Å². The Morgan fingerprint density at radius 2 is 1.69 bits per heavy atom. The number of allylic oxidation sites excluding steroid dienone is 2. The number of non-ortho nitro benzene ring substituents is 1. The van der Waals surface area contributed by atoms with E-state index >= 15 is 0 Å². The molecule has 0 aliphatic carbocycles. The molecule has 0 fully saturated rings. The van der Waals surface area contributed by atoms with Crippen molar-refractivity contribution >= 4 is 28.9 Å². The zero-order valence-electron chi connectivity index (χ0n) is 18.7. The van der Waals surface area contributed by atoms with Gasteiger partial charge in [0, 0.05) is 34.4 Å². The first kappa shape index (κ1) is 21.9. The van der Waals surface area contributed by atoms with Gasteiger partial charge in [-0.15, -0.1) is 0 Å². The minimum atomic E-state index is -0.666. The lowest BCUT2D eigenvalue weighted by Gasteiger charge is -2.21. The summed E-state index contributed by atoms with van der Waals surface area (Å²) in [5.74, 6) is 1.42. The van der Waals surface area contributed by atoms with Gasteiger partial charge in [-0.3, -0.25) is 10.1 Å². The van der Waals surface area contributed by atoms with Crippen molar-refractivity contribution in [3.63, 3.8) is 0 Å². The largest absolute Gasteiger partial charge is 0.493 e. The standard InChI is InChI=1S/C26H18N2O7/c1-32-21-11-10-15(13-23(21)33-2)22-14-19(18-8-3-4-9-20(18)34-22)24-26(29)35-25(27-24)16-6-5-7-17(12-16)28(30)31/h3-14H,1-2H3. The second-order valence-corrected chi connectivity index (χ2v) is 7.55. The van der Waals surface area contributed by atoms with Crippen molar-refractivity contribution in [2.24, 2.45) is 4.99 Å². The van der Waals surface area contributed by atoms with Crippen LogP contribution in [0.2, 0.25) is 0 Å². The Bertz CT molecular complexity index is 1470. The van der Waals surface area contributed by atoms with Crippen molar-refractivity contribution in [2.75, 3.05) is 14.2 Å². The van der Waals surface area contributed by atoms with Crippen LogP contribution in [0.15, 0.2) is 83.5 Å². The molecule has 2 heterocycles. The Hall–Kier alpha value is -4.92. The number of hydrogen-bond acceptors (Lipinski definition) is 8. The number of aliphatic imine (C=N–C) groups is 1. The molecule has 0 saturated carbocycles. The van der Waals surface area contributed by atoms with Crippen molar-refractivity contribution in [3.8, 4) is 17.2 Å². The highest BCUT2D eigenvalue weighted by molar-refractivity contribution is 6.16. The normalized spacial score (nSPS) is 16.5. The summed E-state index contributed by atoms with van der Waals surface area (Å²) in [6.45, 7) is 0. The van der Waals surface area contributed by atoms with E-state index in [1.807, 2.05) is 24.3 Å². The average molecular weight is 470 g/mol. The van der Waals surface area contributed by atoms with E-state index in [0.29, 0.717) is 45.3 Å². The number of cyclic esters (lactones) is 1. The highest BCUT2D eigenvalue weighted by atomic mass is 16.6. The van der Waals surface area contributed by atoms with Crippen LogP contribution in [-0.2, 0) is 9.53 Å². The van der Waals surface area contributed by atoms with E-state index in [-0.39, 0.29) is 17.3 Å². The van der Waals surface area contributed by atoms with E-state index in [4.69, 9.17) is 18.9 Å². The van der Waals surface area contributed by atoms with Crippen LogP contribution in [0.4, 0.5) is 5.69 Å². The molecule has 0 radical (unpaired) electrons. The van der Waals surface area contributed by atoms with Gasteiger partial charge in [0.25, 0.3) is 5.69 Å².